The summed E-state index contributed by atoms with van der Waals surface area (Å²) in [6, 6.07) is 9.14. The molecule has 0 spiro atoms. The van der Waals surface area contributed by atoms with Crippen LogP contribution in [-0.2, 0) is 35.2 Å². The van der Waals surface area contributed by atoms with E-state index in [4.69, 9.17) is 8.92 Å². The van der Waals surface area contributed by atoms with Crippen molar-refractivity contribution in [3.8, 4) is 0 Å². The maximum absolute atomic E-state index is 12.0. The number of hydrogen-bond donors (Lipinski definition) is 1. The molecule has 25 heavy (non-hydrogen) atoms. The van der Waals surface area contributed by atoms with Crippen LogP contribution in [0.5, 0.6) is 0 Å². The fourth-order valence-corrected chi connectivity index (χ4v) is 2.92. The number of hydrogen-bond acceptors (Lipinski definition) is 7. The Balaban J connectivity index is 1.92. The predicted molar refractivity (Wildman–Crippen MR) is 88.0 cm³/mol. The van der Waals surface area contributed by atoms with Crippen molar-refractivity contribution in [1.29, 1.82) is 0 Å². The van der Waals surface area contributed by atoms with Crippen molar-refractivity contribution >= 4 is 22.2 Å². The van der Waals surface area contributed by atoms with E-state index >= 15 is 0 Å². The zero-order valence-corrected chi connectivity index (χ0v) is 14.9. The largest absolute Gasteiger partial charge is 0.469 e. The van der Waals surface area contributed by atoms with Crippen molar-refractivity contribution in [2.45, 2.75) is 25.0 Å². The maximum Gasteiger partial charge on any atom is 0.407 e. The Kier molecular flexibility index (Phi) is 6.02. The molecule has 0 heterocycles. The Morgan fingerprint density at radius 2 is 1.96 bits per heavy atom. The number of amides is 1. The maximum atomic E-state index is 12.0. The van der Waals surface area contributed by atoms with Crippen LogP contribution in [-0.4, -0.2) is 46.0 Å². The summed E-state index contributed by atoms with van der Waals surface area (Å²) in [5.74, 6) is -0.823. The second-order valence-corrected chi connectivity index (χ2v) is 7.63. The number of nitrogens with one attached hydrogen (secondary N) is 1. The summed E-state index contributed by atoms with van der Waals surface area (Å²) in [4.78, 5) is 23.6. The molecule has 1 aliphatic rings. The fourth-order valence-electron chi connectivity index (χ4n) is 2.51. The smallest absolute Gasteiger partial charge is 0.407 e. The molecule has 0 radical (unpaired) electrons. The highest BCUT2D eigenvalue weighted by Gasteiger charge is 2.57. The SMILES string of the molecule is COC(=O)C[C@@]1(NC(=O)OCc2ccccc2)C[C@H]1COS(C)(=O)=O. The third-order valence-electron chi connectivity index (χ3n) is 3.97. The average Bonchev–Trinajstić information content (AvgIpc) is 3.23. The molecule has 0 aromatic heterocycles. The number of rotatable bonds is 8. The summed E-state index contributed by atoms with van der Waals surface area (Å²) in [7, 11) is -2.35. The zero-order valence-electron chi connectivity index (χ0n) is 14.1. The number of ether oxygens (including phenoxy) is 2. The van der Waals surface area contributed by atoms with Gasteiger partial charge in [0, 0.05) is 5.92 Å². The number of methoxy groups -OCH3 is 1. The van der Waals surface area contributed by atoms with E-state index in [1.807, 2.05) is 30.3 Å². The van der Waals surface area contributed by atoms with Gasteiger partial charge in [-0.1, -0.05) is 30.3 Å². The van der Waals surface area contributed by atoms with Crippen LogP contribution in [0.2, 0.25) is 0 Å². The zero-order chi connectivity index (χ0) is 18.5. The molecule has 1 fully saturated rings. The second kappa shape index (κ2) is 7.83. The lowest BCUT2D eigenvalue weighted by atomic mass is 10.1. The van der Waals surface area contributed by atoms with E-state index in [9.17, 15) is 18.0 Å². The molecule has 1 amide bonds. The van der Waals surface area contributed by atoms with Crippen LogP contribution in [0, 0.1) is 5.92 Å². The molecule has 2 rings (SSSR count). The Bertz CT molecular complexity index is 719. The third-order valence-corrected chi connectivity index (χ3v) is 4.53. The number of carbonyl (C=O) groups is 2. The molecule has 0 bridgehead atoms. The van der Waals surface area contributed by atoms with E-state index in [1.165, 1.54) is 7.11 Å². The van der Waals surface area contributed by atoms with Crippen molar-refractivity contribution < 1.29 is 31.7 Å². The predicted octanol–water partition coefficient (Wildman–Crippen LogP) is 1.21. The van der Waals surface area contributed by atoms with Crippen molar-refractivity contribution in [1.82, 2.24) is 5.32 Å². The fraction of sp³-hybridized carbons (Fsp3) is 0.500. The van der Waals surface area contributed by atoms with Crippen LogP contribution >= 0.6 is 0 Å². The lowest BCUT2D eigenvalue weighted by molar-refractivity contribution is -0.141. The number of alkyl carbamates (subject to hydrolysis) is 1. The number of carbonyl (C=O) groups excluding carboxylic acids is 2. The van der Waals surface area contributed by atoms with Gasteiger partial charge in [-0.25, -0.2) is 4.79 Å². The Labute approximate surface area is 146 Å². The van der Waals surface area contributed by atoms with Gasteiger partial charge >= 0.3 is 12.1 Å². The van der Waals surface area contributed by atoms with Crippen molar-refractivity contribution in [3.63, 3.8) is 0 Å². The van der Waals surface area contributed by atoms with Gasteiger partial charge in [0.15, 0.2) is 0 Å². The van der Waals surface area contributed by atoms with Gasteiger partial charge in [0.2, 0.25) is 0 Å². The van der Waals surface area contributed by atoms with Gasteiger partial charge in [-0.3, -0.25) is 8.98 Å². The molecule has 1 aliphatic carbocycles. The average molecular weight is 371 g/mol. The van der Waals surface area contributed by atoms with Gasteiger partial charge in [0.25, 0.3) is 10.1 Å². The Morgan fingerprint density at radius 1 is 1.28 bits per heavy atom. The lowest BCUT2D eigenvalue weighted by Gasteiger charge is -2.18. The first kappa shape index (κ1) is 19.2. The highest BCUT2D eigenvalue weighted by Crippen LogP contribution is 2.47. The minimum absolute atomic E-state index is 0.0816. The van der Waals surface area contributed by atoms with E-state index in [-0.39, 0.29) is 25.6 Å². The van der Waals surface area contributed by atoms with Crippen LogP contribution < -0.4 is 5.32 Å². The summed E-state index contributed by atoms with van der Waals surface area (Å²) < 4.78 is 36.8. The summed E-state index contributed by atoms with van der Waals surface area (Å²) in [5.41, 5.74) is -0.0848. The first-order chi connectivity index (χ1) is 11.7. The van der Waals surface area contributed by atoms with E-state index in [0.717, 1.165) is 11.8 Å². The normalized spacial score (nSPS) is 22.1. The topological polar surface area (TPSA) is 108 Å². The third kappa shape index (κ3) is 6.02. The highest BCUT2D eigenvalue weighted by atomic mass is 32.2. The second-order valence-electron chi connectivity index (χ2n) is 5.99. The molecule has 1 saturated carbocycles. The molecule has 138 valence electrons. The van der Waals surface area contributed by atoms with Crippen LogP contribution in [0.25, 0.3) is 0 Å². The molecular formula is C16H21NO7S. The van der Waals surface area contributed by atoms with E-state index in [1.54, 1.807) is 0 Å². The van der Waals surface area contributed by atoms with Gasteiger partial charge in [-0.15, -0.1) is 0 Å². The first-order valence-corrected chi connectivity index (χ1v) is 9.46. The van der Waals surface area contributed by atoms with E-state index in [2.05, 4.69) is 10.1 Å². The molecule has 0 aliphatic heterocycles. The minimum atomic E-state index is -3.60. The van der Waals surface area contributed by atoms with Gasteiger partial charge in [0.05, 0.1) is 31.9 Å². The van der Waals surface area contributed by atoms with Gasteiger partial charge in [-0.2, -0.15) is 8.42 Å². The van der Waals surface area contributed by atoms with Gasteiger partial charge < -0.3 is 14.8 Å². The molecule has 1 aromatic rings. The summed E-state index contributed by atoms with van der Waals surface area (Å²) in [6.07, 6.45) is 0.577. The summed E-state index contributed by atoms with van der Waals surface area (Å²) >= 11 is 0. The van der Waals surface area contributed by atoms with Crippen molar-refractivity contribution in [2.24, 2.45) is 5.92 Å². The monoisotopic (exact) mass is 371 g/mol. The number of esters is 1. The lowest BCUT2D eigenvalue weighted by Crippen LogP contribution is -2.41. The van der Waals surface area contributed by atoms with E-state index in [0.29, 0.717) is 6.42 Å². The molecule has 1 aromatic carbocycles. The van der Waals surface area contributed by atoms with Gasteiger partial charge in [0.1, 0.15) is 6.61 Å². The summed E-state index contributed by atoms with van der Waals surface area (Å²) in [5, 5.41) is 2.65. The first-order valence-electron chi connectivity index (χ1n) is 7.64. The Morgan fingerprint density at radius 3 is 2.56 bits per heavy atom. The highest BCUT2D eigenvalue weighted by molar-refractivity contribution is 7.85. The molecule has 9 heteroatoms. The van der Waals surface area contributed by atoms with E-state index < -0.39 is 27.7 Å². The quantitative estimate of drug-likeness (QED) is 0.540. The van der Waals surface area contributed by atoms with Crippen LogP contribution in [0.15, 0.2) is 30.3 Å². The van der Waals surface area contributed by atoms with Crippen LogP contribution in [0.3, 0.4) is 0 Å². The summed E-state index contributed by atoms with van der Waals surface area (Å²) in [6.45, 7) is -0.0275. The molecule has 8 nitrogen and oxygen atoms in total. The van der Waals surface area contributed by atoms with Crippen molar-refractivity contribution in [3.05, 3.63) is 35.9 Å². The van der Waals surface area contributed by atoms with Crippen LogP contribution in [0.4, 0.5) is 4.79 Å². The van der Waals surface area contributed by atoms with Crippen molar-refractivity contribution in [2.75, 3.05) is 20.0 Å². The molecular weight excluding hydrogens is 350 g/mol. The minimum Gasteiger partial charge on any atom is -0.469 e. The molecule has 2 atom stereocenters. The molecule has 1 N–H and O–H groups in total. The Hall–Kier alpha value is -2.13. The molecule has 0 saturated heterocycles. The standard InChI is InChI=1S/C16H21NO7S/c1-22-14(18)9-16(8-13(16)11-24-25(2,20)21)17-15(19)23-10-12-6-4-3-5-7-12/h3-7,13H,8-11H2,1-2H3,(H,17,19)/t13-,16-/m0/s1. The van der Waals surface area contributed by atoms with Gasteiger partial charge in [-0.05, 0) is 12.0 Å². The molecule has 0 unspecified atom stereocenters. The number of benzene rings is 1. The van der Waals surface area contributed by atoms with Crippen LogP contribution in [0.1, 0.15) is 18.4 Å².